The fourth-order valence-electron chi connectivity index (χ4n) is 4.25. The molecule has 25 heavy (non-hydrogen) atoms. The number of carbonyl (C=O) groups excluding carboxylic acids is 1. The lowest BCUT2D eigenvalue weighted by atomic mass is 9.94. The summed E-state index contributed by atoms with van der Waals surface area (Å²) in [5.41, 5.74) is 2.45. The van der Waals surface area contributed by atoms with E-state index in [-0.39, 0.29) is 6.04 Å². The van der Waals surface area contributed by atoms with E-state index in [2.05, 4.69) is 44.3 Å². The molecule has 2 aromatic rings. The van der Waals surface area contributed by atoms with Crippen LogP contribution in [0.15, 0.2) is 42.6 Å². The highest BCUT2D eigenvalue weighted by Crippen LogP contribution is 2.28. The lowest BCUT2D eigenvalue weighted by Crippen LogP contribution is -2.48. The molecule has 2 fully saturated rings. The summed E-state index contributed by atoms with van der Waals surface area (Å²) in [7, 11) is 0. The van der Waals surface area contributed by atoms with E-state index in [4.69, 9.17) is 0 Å². The highest BCUT2D eigenvalue weighted by Gasteiger charge is 2.35. The molecule has 0 radical (unpaired) electrons. The van der Waals surface area contributed by atoms with Crippen LogP contribution in [-0.2, 0) is 11.3 Å². The van der Waals surface area contributed by atoms with E-state index < -0.39 is 0 Å². The van der Waals surface area contributed by atoms with E-state index >= 15 is 0 Å². The van der Waals surface area contributed by atoms with Gasteiger partial charge in [-0.1, -0.05) is 30.3 Å². The summed E-state index contributed by atoms with van der Waals surface area (Å²) >= 11 is 0. The molecule has 0 aliphatic carbocycles. The number of carbonyl (C=O) groups is 1. The Morgan fingerprint density at radius 2 is 1.96 bits per heavy atom. The summed E-state index contributed by atoms with van der Waals surface area (Å²) in [6.45, 7) is 3.59. The lowest BCUT2D eigenvalue weighted by Gasteiger charge is -2.36. The molecule has 1 aromatic carbocycles. The molecule has 0 bridgehead atoms. The number of hydrogen-bond acceptors (Lipinski definition) is 3. The van der Waals surface area contributed by atoms with Gasteiger partial charge in [0.25, 0.3) is 0 Å². The van der Waals surface area contributed by atoms with E-state index in [0.29, 0.717) is 11.8 Å². The molecule has 2 aliphatic heterocycles. The molecule has 0 spiro atoms. The lowest BCUT2D eigenvalue weighted by molar-refractivity contribution is -0.137. The van der Waals surface area contributed by atoms with Crippen LogP contribution < -0.4 is 0 Å². The molecule has 2 aliphatic rings. The highest BCUT2D eigenvalue weighted by molar-refractivity contribution is 5.82. The van der Waals surface area contributed by atoms with Crippen LogP contribution >= 0.6 is 0 Å². The van der Waals surface area contributed by atoms with Crippen molar-refractivity contribution in [3.63, 3.8) is 0 Å². The Hall–Kier alpha value is -2.14. The molecule has 2 atom stereocenters. The molecule has 1 aromatic heterocycles. The van der Waals surface area contributed by atoms with Crippen molar-refractivity contribution in [3.05, 3.63) is 53.9 Å². The van der Waals surface area contributed by atoms with Crippen LogP contribution in [0.3, 0.4) is 0 Å². The van der Waals surface area contributed by atoms with Crippen molar-refractivity contribution >= 4 is 5.91 Å². The molecule has 3 heterocycles. The number of benzene rings is 1. The molecule has 132 valence electrons. The first-order chi connectivity index (χ1) is 12.3. The quantitative estimate of drug-likeness (QED) is 0.933. The number of amides is 1. The largest absolute Gasteiger partial charge is 0.341 e. The number of aromatic amines is 1. The third-order valence-electron chi connectivity index (χ3n) is 5.57. The van der Waals surface area contributed by atoms with Crippen molar-refractivity contribution < 1.29 is 4.79 Å². The van der Waals surface area contributed by atoms with Crippen LogP contribution in [0.2, 0.25) is 0 Å². The summed E-state index contributed by atoms with van der Waals surface area (Å²) in [5, 5.41) is 7.15. The molecule has 1 N–H and O–H groups in total. The first kappa shape index (κ1) is 16.3. The summed E-state index contributed by atoms with van der Waals surface area (Å²) in [6, 6.07) is 12.6. The minimum Gasteiger partial charge on any atom is -0.341 e. The second kappa shape index (κ2) is 7.40. The van der Waals surface area contributed by atoms with Gasteiger partial charge in [-0.25, -0.2) is 0 Å². The Balaban J connectivity index is 1.42. The molecule has 5 nitrogen and oxygen atoms in total. The number of likely N-dealkylation sites (tertiary alicyclic amines) is 2. The van der Waals surface area contributed by atoms with Gasteiger partial charge in [0, 0.05) is 37.4 Å². The first-order valence-electron chi connectivity index (χ1n) is 9.37. The van der Waals surface area contributed by atoms with Gasteiger partial charge in [0.2, 0.25) is 5.91 Å². The van der Waals surface area contributed by atoms with Gasteiger partial charge >= 0.3 is 0 Å². The van der Waals surface area contributed by atoms with Crippen LogP contribution in [0.5, 0.6) is 0 Å². The van der Waals surface area contributed by atoms with E-state index in [1.54, 1.807) is 6.20 Å². The fraction of sp³-hybridized carbons (Fsp3) is 0.500. The number of hydrogen-bond donors (Lipinski definition) is 1. The maximum absolute atomic E-state index is 13.2. The van der Waals surface area contributed by atoms with E-state index in [1.165, 1.54) is 5.56 Å². The smallest absolute Gasteiger partial charge is 0.239 e. The van der Waals surface area contributed by atoms with E-state index in [9.17, 15) is 4.79 Å². The number of nitrogens with one attached hydrogen (secondary N) is 1. The van der Waals surface area contributed by atoms with Gasteiger partial charge in [-0.05, 0) is 43.9 Å². The zero-order valence-corrected chi connectivity index (χ0v) is 14.6. The van der Waals surface area contributed by atoms with Gasteiger partial charge < -0.3 is 4.90 Å². The van der Waals surface area contributed by atoms with E-state index in [0.717, 1.165) is 57.6 Å². The normalized spacial score (nSPS) is 24.6. The van der Waals surface area contributed by atoms with Crippen LogP contribution in [0.4, 0.5) is 0 Å². The van der Waals surface area contributed by atoms with Crippen LogP contribution in [-0.4, -0.2) is 51.6 Å². The summed E-state index contributed by atoms with van der Waals surface area (Å²) in [6.07, 6.45) is 6.10. The average molecular weight is 338 g/mol. The van der Waals surface area contributed by atoms with Crippen molar-refractivity contribution in [2.24, 2.45) is 0 Å². The molecule has 1 amide bonds. The standard InChI is InChI=1S/C20H26N4O/c25-20(24-13-4-8-17(15-24)18-10-11-21-22-18)19-9-5-12-23(19)14-16-6-2-1-3-7-16/h1-3,6-7,10-11,17,19H,4-5,8-9,12-15H2,(H,21,22). The van der Waals surface area contributed by atoms with Crippen molar-refractivity contribution in [2.45, 2.75) is 44.2 Å². The average Bonchev–Trinajstić information content (AvgIpc) is 3.34. The predicted molar refractivity (Wildman–Crippen MR) is 97.0 cm³/mol. The van der Waals surface area contributed by atoms with Crippen molar-refractivity contribution in [1.29, 1.82) is 0 Å². The Morgan fingerprint density at radius 3 is 2.76 bits per heavy atom. The minimum absolute atomic E-state index is 0.0423. The van der Waals surface area contributed by atoms with E-state index in [1.807, 2.05) is 12.1 Å². The summed E-state index contributed by atoms with van der Waals surface area (Å²) in [5.74, 6) is 0.710. The maximum atomic E-state index is 13.2. The first-order valence-corrected chi connectivity index (χ1v) is 9.37. The number of nitrogens with zero attached hydrogens (tertiary/aromatic N) is 3. The number of aromatic nitrogens is 2. The highest BCUT2D eigenvalue weighted by atomic mass is 16.2. The summed E-state index contributed by atoms with van der Waals surface area (Å²) < 4.78 is 0. The SMILES string of the molecule is O=C(C1CCCN1Cc1ccccc1)N1CCCC(c2ccn[nH]2)C1. The molecule has 2 saturated heterocycles. The van der Waals surface area contributed by atoms with Gasteiger partial charge in [0.1, 0.15) is 0 Å². The van der Waals surface area contributed by atoms with Gasteiger partial charge in [-0.3, -0.25) is 14.8 Å². The molecule has 5 heteroatoms. The predicted octanol–water partition coefficient (Wildman–Crippen LogP) is 2.78. The third kappa shape index (κ3) is 3.61. The number of rotatable bonds is 4. The second-order valence-corrected chi connectivity index (χ2v) is 7.25. The zero-order valence-electron chi connectivity index (χ0n) is 14.6. The van der Waals surface area contributed by atoms with Gasteiger partial charge in [-0.15, -0.1) is 0 Å². The number of H-pyrrole nitrogens is 1. The van der Waals surface area contributed by atoms with Gasteiger partial charge in [0.05, 0.1) is 6.04 Å². The molecule has 2 unspecified atom stereocenters. The van der Waals surface area contributed by atoms with Gasteiger partial charge in [0.15, 0.2) is 0 Å². The second-order valence-electron chi connectivity index (χ2n) is 7.25. The summed E-state index contributed by atoms with van der Waals surface area (Å²) in [4.78, 5) is 17.6. The number of piperidine rings is 1. The minimum atomic E-state index is 0.0423. The maximum Gasteiger partial charge on any atom is 0.239 e. The van der Waals surface area contributed by atoms with Gasteiger partial charge in [-0.2, -0.15) is 5.10 Å². The molecule has 0 saturated carbocycles. The Labute approximate surface area is 149 Å². The third-order valence-corrected chi connectivity index (χ3v) is 5.57. The Kier molecular flexibility index (Phi) is 4.83. The van der Waals surface area contributed by atoms with Crippen molar-refractivity contribution in [3.8, 4) is 0 Å². The monoisotopic (exact) mass is 338 g/mol. The molecule has 4 rings (SSSR count). The topological polar surface area (TPSA) is 52.2 Å². The Morgan fingerprint density at radius 1 is 1.12 bits per heavy atom. The van der Waals surface area contributed by atoms with Crippen LogP contribution in [0.1, 0.15) is 42.9 Å². The van der Waals surface area contributed by atoms with Crippen molar-refractivity contribution in [1.82, 2.24) is 20.0 Å². The Bertz CT molecular complexity index is 685. The molecular weight excluding hydrogens is 312 g/mol. The zero-order chi connectivity index (χ0) is 17.1. The fourth-order valence-corrected chi connectivity index (χ4v) is 4.25. The van der Waals surface area contributed by atoms with Crippen LogP contribution in [0.25, 0.3) is 0 Å². The molecular formula is C20H26N4O. The van der Waals surface area contributed by atoms with Crippen LogP contribution in [0, 0.1) is 0 Å². The van der Waals surface area contributed by atoms with Crippen molar-refractivity contribution in [2.75, 3.05) is 19.6 Å².